The van der Waals surface area contributed by atoms with Crippen molar-refractivity contribution >= 4 is 5.97 Å². The number of ether oxygens (including phenoxy) is 3. The van der Waals surface area contributed by atoms with Gasteiger partial charge >= 0.3 is 5.97 Å². The van der Waals surface area contributed by atoms with Crippen LogP contribution in [0.2, 0.25) is 0 Å². The molecular weight excluding hydrogens is 270 g/mol. The van der Waals surface area contributed by atoms with E-state index in [1.54, 1.807) is 6.92 Å². The maximum atomic E-state index is 12.2. The summed E-state index contributed by atoms with van der Waals surface area (Å²) in [6, 6.07) is 5.25. The molecule has 1 atom stereocenters. The second-order valence-electron chi connectivity index (χ2n) is 5.26. The van der Waals surface area contributed by atoms with E-state index in [0.29, 0.717) is 25.6 Å². The minimum absolute atomic E-state index is 0.162. The molecule has 21 heavy (non-hydrogen) atoms. The molecule has 0 spiro atoms. The lowest BCUT2D eigenvalue weighted by atomic mass is 10.1. The van der Waals surface area contributed by atoms with Gasteiger partial charge in [-0.3, -0.25) is 5.32 Å². The van der Waals surface area contributed by atoms with E-state index in [2.05, 4.69) is 5.32 Å². The Hall–Kier alpha value is -1.75. The molecule has 0 aliphatic carbocycles. The Morgan fingerprint density at radius 3 is 2.67 bits per heavy atom. The number of esters is 1. The minimum atomic E-state index is -0.498. The first-order valence-electron chi connectivity index (χ1n) is 7.44. The highest BCUT2D eigenvalue weighted by Crippen LogP contribution is 2.32. The molecule has 1 aliphatic heterocycles. The van der Waals surface area contributed by atoms with Crippen LogP contribution in [0.1, 0.15) is 38.8 Å². The van der Waals surface area contributed by atoms with E-state index in [4.69, 9.17) is 14.2 Å². The maximum Gasteiger partial charge on any atom is 0.327 e. The molecule has 1 N–H and O–H groups in total. The summed E-state index contributed by atoms with van der Waals surface area (Å²) >= 11 is 0. The molecule has 0 saturated heterocycles. The molecule has 1 aliphatic rings. The summed E-state index contributed by atoms with van der Waals surface area (Å²) in [6.07, 6.45) is 0.857. The van der Waals surface area contributed by atoms with Crippen molar-refractivity contribution in [3.8, 4) is 11.5 Å². The smallest absolute Gasteiger partial charge is 0.327 e. The third kappa shape index (κ3) is 4.11. The molecule has 116 valence electrons. The van der Waals surface area contributed by atoms with E-state index >= 15 is 0 Å². The van der Waals surface area contributed by atoms with Gasteiger partial charge in [0, 0.05) is 12.5 Å². The van der Waals surface area contributed by atoms with E-state index in [1.165, 1.54) is 0 Å². The number of hydrogen-bond acceptors (Lipinski definition) is 5. The van der Waals surface area contributed by atoms with Gasteiger partial charge in [0.05, 0.1) is 19.8 Å². The molecule has 0 radical (unpaired) electrons. The molecule has 1 aromatic rings. The van der Waals surface area contributed by atoms with Crippen molar-refractivity contribution in [3.63, 3.8) is 0 Å². The second kappa shape index (κ2) is 7.31. The predicted molar refractivity (Wildman–Crippen MR) is 79.7 cm³/mol. The Labute approximate surface area is 125 Å². The van der Waals surface area contributed by atoms with Crippen LogP contribution in [0.5, 0.6) is 11.5 Å². The van der Waals surface area contributed by atoms with E-state index in [0.717, 1.165) is 17.7 Å². The lowest BCUT2D eigenvalue weighted by molar-refractivity contribution is -0.146. The lowest BCUT2D eigenvalue weighted by Crippen LogP contribution is -2.34. The van der Waals surface area contributed by atoms with E-state index in [9.17, 15) is 4.79 Å². The fraction of sp³-hybridized carbons (Fsp3) is 0.562. The van der Waals surface area contributed by atoms with Gasteiger partial charge in [-0.2, -0.15) is 0 Å². The summed E-state index contributed by atoms with van der Waals surface area (Å²) in [5, 5.41) is 3.23. The summed E-state index contributed by atoms with van der Waals surface area (Å²) < 4.78 is 16.4. The molecule has 0 bridgehead atoms. The van der Waals surface area contributed by atoms with Crippen molar-refractivity contribution in [2.45, 2.75) is 39.3 Å². The third-order valence-corrected chi connectivity index (χ3v) is 3.13. The van der Waals surface area contributed by atoms with Crippen molar-refractivity contribution in [1.29, 1.82) is 0 Å². The molecule has 2 rings (SSSR count). The third-order valence-electron chi connectivity index (χ3n) is 3.13. The van der Waals surface area contributed by atoms with Gasteiger partial charge in [-0.1, -0.05) is 6.07 Å². The number of benzene rings is 1. The standard InChI is InChI=1S/C16H23NO4/c1-4-19-16(18)15(17-11(2)3)12-6-7-13-14(10-12)21-9-5-8-20-13/h6-7,10-11,15,17H,4-5,8-9H2,1-3H3. The largest absolute Gasteiger partial charge is 0.490 e. The average Bonchev–Trinajstić information content (AvgIpc) is 2.69. The number of carbonyl (C=O) groups is 1. The molecule has 5 heteroatoms. The van der Waals surface area contributed by atoms with Gasteiger partial charge in [-0.25, -0.2) is 4.79 Å². The van der Waals surface area contributed by atoms with Gasteiger partial charge in [0.25, 0.3) is 0 Å². The Morgan fingerprint density at radius 2 is 2.00 bits per heavy atom. The topological polar surface area (TPSA) is 56.8 Å². The first-order valence-corrected chi connectivity index (χ1v) is 7.44. The normalized spacial score (nSPS) is 15.4. The Balaban J connectivity index is 2.26. The zero-order valence-corrected chi connectivity index (χ0v) is 12.8. The molecule has 0 aromatic heterocycles. The highest BCUT2D eigenvalue weighted by atomic mass is 16.5. The number of fused-ring (bicyclic) bond motifs is 1. The predicted octanol–water partition coefficient (Wildman–Crippen LogP) is 2.45. The molecule has 0 amide bonds. The zero-order chi connectivity index (χ0) is 15.2. The first-order chi connectivity index (χ1) is 10.1. The Morgan fingerprint density at radius 1 is 1.29 bits per heavy atom. The summed E-state index contributed by atoms with van der Waals surface area (Å²) in [5.74, 6) is 1.13. The summed E-state index contributed by atoms with van der Waals surface area (Å²) in [5.41, 5.74) is 0.825. The van der Waals surface area contributed by atoms with Gasteiger partial charge in [-0.05, 0) is 38.5 Å². The van der Waals surface area contributed by atoms with Crippen molar-refractivity contribution in [2.24, 2.45) is 0 Å². The van der Waals surface area contributed by atoms with Crippen LogP contribution in [0.15, 0.2) is 18.2 Å². The molecule has 0 saturated carbocycles. The number of carbonyl (C=O) groups excluding carboxylic acids is 1. The monoisotopic (exact) mass is 293 g/mol. The fourth-order valence-electron chi connectivity index (χ4n) is 2.22. The number of nitrogens with one attached hydrogen (secondary N) is 1. The van der Waals surface area contributed by atoms with Gasteiger partial charge in [-0.15, -0.1) is 0 Å². The highest BCUT2D eigenvalue weighted by molar-refractivity contribution is 5.78. The average molecular weight is 293 g/mol. The van der Waals surface area contributed by atoms with Crippen LogP contribution in [0, 0.1) is 0 Å². The first kappa shape index (κ1) is 15.6. The van der Waals surface area contributed by atoms with Crippen molar-refractivity contribution in [3.05, 3.63) is 23.8 Å². The van der Waals surface area contributed by atoms with E-state index < -0.39 is 6.04 Å². The molecular formula is C16H23NO4. The molecule has 0 fully saturated rings. The van der Waals surface area contributed by atoms with Crippen LogP contribution < -0.4 is 14.8 Å². The summed E-state index contributed by atoms with van der Waals surface area (Å²) in [6.45, 7) is 7.43. The maximum absolute atomic E-state index is 12.2. The number of hydrogen-bond donors (Lipinski definition) is 1. The Kier molecular flexibility index (Phi) is 5.44. The van der Waals surface area contributed by atoms with Gasteiger partial charge < -0.3 is 14.2 Å². The SMILES string of the molecule is CCOC(=O)C(NC(C)C)c1ccc2c(c1)OCCCO2. The zero-order valence-electron chi connectivity index (χ0n) is 12.8. The molecule has 5 nitrogen and oxygen atoms in total. The van der Waals surface area contributed by atoms with Gasteiger partial charge in [0.15, 0.2) is 11.5 Å². The molecule has 1 unspecified atom stereocenters. The minimum Gasteiger partial charge on any atom is -0.490 e. The summed E-state index contributed by atoms with van der Waals surface area (Å²) in [7, 11) is 0. The molecule has 1 heterocycles. The highest BCUT2D eigenvalue weighted by Gasteiger charge is 2.24. The van der Waals surface area contributed by atoms with Crippen LogP contribution in [-0.4, -0.2) is 31.8 Å². The quantitative estimate of drug-likeness (QED) is 0.845. The van der Waals surface area contributed by atoms with Crippen molar-refractivity contribution < 1.29 is 19.0 Å². The second-order valence-corrected chi connectivity index (χ2v) is 5.26. The Bertz CT molecular complexity index is 487. The van der Waals surface area contributed by atoms with Crippen LogP contribution in [-0.2, 0) is 9.53 Å². The summed E-state index contributed by atoms with van der Waals surface area (Å²) in [4.78, 5) is 12.2. The van der Waals surface area contributed by atoms with E-state index in [-0.39, 0.29) is 12.0 Å². The van der Waals surface area contributed by atoms with Crippen LogP contribution in [0.4, 0.5) is 0 Å². The van der Waals surface area contributed by atoms with Crippen molar-refractivity contribution in [1.82, 2.24) is 5.32 Å². The number of rotatable bonds is 5. The molecule has 1 aromatic carbocycles. The van der Waals surface area contributed by atoms with E-state index in [1.807, 2.05) is 32.0 Å². The van der Waals surface area contributed by atoms with Crippen molar-refractivity contribution in [2.75, 3.05) is 19.8 Å². The van der Waals surface area contributed by atoms with Gasteiger partial charge in [0.1, 0.15) is 6.04 Å². The van der Waals surface area contributed by atoms with Crippen LogP contribution in [0.3, 0.4) is 0 Å². The van der Waals surface area contributed by atoms with Gasteiger partial charge in [0.2, 0.25) is 0 Å². The lowest BCUT2D eigenvalue weighted by Gasteiger charge is -2.21. The van der Waals surface area contributed by atoms with Crippen LogP contribution in [0.25, 0.3) is 0 Å². The van der Waals surface area contributed by atoms with Crippen LogP contribution >= 0.6 is 0 Å². The fourth-order valence-corrected chi connectivity index (χ4v) is 2.22.